The minimum absolute atomic E-state index is 0. The molecule has 0 saturated heterocycles. The monoisotopic (exact) mass is 492 g/mol. The van der Waals surface area contributed by atoms with Gasteiger partial charge in [0.1, 0.15) is 0 Å². The molecule has 1 fully saturated rings. The number of nitrogens with zero attached hydrogens (tertiary/aromatic N) is 2. The summed E-state index contributed by atoms with van der Waals surface area (Å²) in [6, 6.07) is 11.6. The number of rotatable bonds is 1. The van der Waals surface area contributed by atoms with Crippen LogP contribution in [0.4, 0.5) is 0 Å². The second-order valence-corrected chi connectivity index (χ2v) is 4.53. The van der Waals surface area contributed by atoms with Gasteiger partial charge in [-0.2, -0.15) is 0 Å². The van der Waals surface area contributed by atoms with E-state index in [0.717, 1.165) is 11.4 Å². The Bertz CT molecular complexity index is 404. The summed E-state index contributed by atoms with van der Waals surface area (Å²) in [7, 11) is 0. The van der Waals surface area contributed by atoms with Crippen LogP contribution in [-0.2, 0) is 20.1 Å². The van der Waals surface area contributed by atoms with E-state index < -0.39 is 0 Å². The molecule has 2 aromatic heterocycles. The summed E-state index contributed by atoms with van der Waals surface area (Å²) >= 11 is 0. The molecule has 3 rings (SSSR count). The van der Waals surface area contributed by atoms with E-state index in [1.807, 2.05) is 36.4 Å². The molecule has 0 unspecified atom stereocenters. The summed E-state index contributed by atoms with van der Waals surface area (Å²) in [5.74, 6) is 0. The molecule has 2 nitrogen and oxygen atoms in total. The van der Waals surface area contributed by atoms with E-state index in [1.54, 1.807) is 12.4 Å². The first kappa shape index (κ1) is 21.2. The normalized spacial score (nSPS) is 14.0. The van der Waals surface area contributed by atoms with Crippen molar-refractivity contribution in [2.75, 3.05) is 0 Å². The van der Waals surface area contributed by atoms with Gasteiger partial charge in [-0.15, -0.1) is 0 Å². The van der Waals surface area contributed by atoms with Crippen LogP contribution in [0.2, 0.25) is 0 Å². The molecule has 0 aromatic carbocycles. The molecular weight excluding hydrogens is 472 g/mol. The average molecular weight is 492 g/mol. The molecule has 2 aromatic rings. The van der Waals surface area contributed by atoms with Gasteiger partial charge in [0.05, 0.1) is 11.4 Å². The molecule has 22 heavy (non-hydrogen) atoms. The van der Waals surface area contributed by atoms with Crippen LogP contribution in [0.5, 0.6) is 0 Å². The third kappa shape index (κ3) is 8.63. The quantitative estimate of drug-likeness (QED) is 0.604. The van der Waals surface area contributed by atoms with Crippen molar-refractivity contribution < 1.29 is 32.5 Å². The van der Waals surface area contributed by atoms with Gasteiger partial charge >= 0.3 is 0 Å². The molecule has 1 saturated carbocycles. The van der Waals surface area contributed by atoms with Crippen LogP contribution in [0, 0.1) is 25.7 Å². The molecule has 0 atom stereocenters. The van der Waals surface area contributed by atoms with Crippen LogP contribution < -0.4 is 12.4 Å². The zero-order valence-electron chi connectivity index (χ0n) is 12.4. The fourth-order valence-corrected chi connectivity index (χ4v) is 1.88. The fourth-order valence-electron chi connectivity index (χ4n) is 1.88. The smallest absolute Gasteiger partial charge is 0.0886 e. The van der Waals surface area contributed by atoms with Crippen molar-refractivity contribution in [2.45, 2.75) is 25.7 Å². The number of halogens is 1. The first-order valence-corrected chi connectivity index (χ1v) is 7.09. The van der Waals surface area contributed by atoms with Gasteiger partial charge in [0.25, 0.3) is 0 Å². The molecule has 0 bridgehead atoms. The second-order valence-electron chi connectivity index (χ2n) is 4.53. The molecule has 1 aliphatic rings. The van der Waals surface area contributed by atoms with E-state index in [0.29, 0.717) is 0 Å². The van der Waals surface area contributed by atoms with Crippen molar-refractivity contribution in [3.63, 3.8) is 0 Å². The van der Waals surface area contributed by atoms with Crippen LogP contribution in [0.15, 0.2) is 48.8 Å². The number of aromatic nitrogens is 2. The van der Waals surface area contributed by atoms with Crippen molar-refractivity contribution in [1.29, 1.82) is 0 Å². The van der Waals surface area contributed by atoms with Crippen LogP contribution in [0.3, 0.4) is 0 Å². The Balaban J connectivity index is 0.000000393. The van der Waals surface area contributed by atoms with Crippen molar-refractivity contribution in [1.82, 2.24) is 9.97 Å². The van der Waals surface area contributed by atoms with Crippen molar-refractivity contribution in [2.24, 2.45) is 0 Å². The van der Waals surface area contributed by atoms with E-state index in [4.69, 9.17) is 0 Å². The van der Waals surface area contributed by atoms with Crippen LogP contribution in [0.25, 0.3) is 11.4 Å². The summed E-state index contributed by atoms with van der Waals surface area (Å²) in [6.07, 6.45) is 17.5. The summed E-state index contributed by atoms with van der Waals surface area (Å²) in [4.78, 5) is 8.37. The predicted octanol–water partition coefficient (Wildman–Crippen LogP) is 1.52. The minimum Gasteiger partial charge on any atom is -1.00 e. The maximum Gasteiger partial charge on any atom is 0.0886 e. The molecule has 119 valence electrons. The Morgan fingerprint density at radius 2 is 0.955 bits per heavy atom. The minimum atomic E-state index is 0. The summed E-state index contributed by atoms with van der Waals surface area (Å²) in [5, 5.41) is 0. The number of pyridine rings is 2. The second kappa shape index (κ2) is 13.9. The molecule has 0 aliphatic heterocycles. The first-order chi connectivity index (χ1) is 9.97. The SMILES string of the molecule is [CH]1[CH]CC[CH][CH]CC1.[Cl-].[Ir].c1ccc(-c2ccccn2)nc1. The average Bonchev–Trinajstić information content (AvgIpc) is 2.49. The van der Waals surface area contributed by atoms with Gasteiger partial charge in [-0.25, -0.2) is 0 Å². The Hall–Kier alpha value is -0.761. The fraction of sp³-hybridized carbons (Fsp3) is 0.222. The van der Waals surface area contributed by atoms with Gasteiger partial charge in [-0.1, -0.05) is 12.1 Å². The molecular formula is C18H20ClIrN2-. The molecule has 5 radical (unpaired) electrons. The summed E-state index contributed by atoms with van der Waals surface area (Å²) in [6.45, 7) is 0. The predicted molar refractivity (Wildman–Crippen MR) is 83.1 cm³/mol. The zero-order chi connectivity index (χ0) is 13.9. The molecule has 0 amide bonds. The van der Waals surface area contributed by atoms with Crippen LogP contribution in [0.1, 0.15) is 25.7 Å². The topological polar surface area (TPSA) is 25.8 Å². The number of hydrogen-bond donors (Lipinski definition) is 0. The summed E-state index contributed by atoms with van der Waals surface area (Å²) in [5.41, 5.74) is 1.83. The van der Waals surface area contributed by atoms with Crippen molar-refractivity contribution in [3.05, 3.63) is 74.5 Å². The van der Waals surface area contributed by atoms with E-state index in [-0.39, 0.29) is 32.5 Å². The third-order valence-corrected chi connectivity index (χ3v) is 2.93. The molecule has 4 heteroatoms. The zero-order valence-corrected chi connectivity index (χ0v) is 15.5. The van der Waals surface area contributed by atoms with Gasteiger partial charge in [-0.05, 0) is 75.6 Å². The van der Waals surface area contributed by atoms with E-state index in [1.165, 1.54) is 25.7 Å². The largest absolute Gasteiger partial charge is 1.00 e. The van der Waals surface area contributed by atoms with Crippen LogP contribution in [-0.4, -0.2) is 9.97 Å². The van der Waals surface area contributed by atoms with Gasteiger partial charge in [0.15, 0.2) is 0 Å². The molecule has 0 N–H and O–H groups in total. The van der Waals surface area contributed by atoms with Gasteiger partial charge in [-0.3, -0.25) is 9.97 Å². The standard InChI is InChI=1S/C10H8N2.C8H12.ClH.Ir/c1-3-7-11-9(5-1)10-6-2-4-8-12-10;1-2-4-6-8-7-5-3-1;;/h1-8H;1-2,7-8H,3-6H2;1H;/p-1. The molecule has 0 spiro atoms. The third-order valence-electron chi connectivity index (χ3n) is 2.93. The molecule has 2 heterocycles. The molecule has 1 aliphatic carbocycles. The van der Waals surface area contributed by atoms with E-state index in [9.17, 15) is 0 Å². The Labute approximate surface area is 153 Å². The number of hydrogen-bond acceptors (Lipinski definition) is 2. The Morgan fingerprint density at radius 1 is 0.591 bits per heavy atom. The summed E-state index contributed by atoms with van der Waals surface area (Å²) < 4.78 is 0. The van der Waals surface area contributed by atoms with E-state index >= 15 is 0 Å². The van der Waals surface area contributed by atoms with Crippen molar-refractivity contribution in [3.8, 4) is 11.4 Å². The first-order valence-electron chi connectivity index (χ1n) is 7.09. The van der Waals surface area contributed by atoms with Crippen molar-refractivity contribution >= 4 is 0 Å². The van der Waals surface area contributed by atoms with Crippen LogP contribution >= 0.6 is 0 Å². The maximum atomic E-state index is 4.19. The van der Waals surface area contributed by atoms with Gasteiger partial charge in [0, 0.05) is 32.5 Å². The van der Waals surface area contributed by atoms with E-state index in [2.05, 4.69) is 35.7 Å². The van der Waals surface area contributed by atoms with Gasteiger partial charge < -0.3 is 12.4 Å². The maximum absolute atomic E-state index is 4.19. The Morgan fingerprint density at radius 3 is 1.23 bits per heavy atom. The van der Waals surface area contributed by atoms with Gasteiger partial charge in [0.2, 0.25) is 0 Å². The Kier molecular flexibility index (Phi) is 13.4.